The van der Waals surface area contributed by atoms with Crippen molar-refractivity contribution in [1.82, 2.24) is 0 Å². The molecule has 8 rings (SSSR count). The van der Waals surface area contributed by atoms with Crippen molar-refractivity contribution in [3.63, 3.8) is 0 Å². The van der Waals surface area contributed by atoms with Gasteiger partial charge in [0.2, 0.25) is 24.1 Å². The minimum absolute atomic E-state index is 0.0212. The Hall–Kier alpha value is -6.83. The van der Waals surface area contributed by atoms with Crippen LogP contribution < -0.4 is 23.7 Å². The first-order valence-electron chi connectivity index (χ1n) is 24.8. The second kappa shape index (κ2) is 26.2. The molecule has 0 spiro atoms. The first kappa shape index (κ1) is 59.3. The zero-order valence-electron chi connectivity index (χ0n) is 43.0. The van der Waals surface area contributed by atoms with E-state index in [1.54, 1.807) is 30.4 Å². The fourth-order valence-electron chi connectivity index (χ4n) is 9.01. The zero-order chi connectivity index (χ0) is 57.5. The Morgan fingerprint density at radius 3 is 1.77 bits per heavy atom. The lowest BCUT2D eigenvalue weighted by molar-refractivity contribution is -0.361. The number of aliphatic hydroxyl groups is 9. The second-order valence-electron chi connectivity index (χ2n) is 18.6. The predicted octanol–water partition coefficient (Wildman–Crippen LogP) is 0.592. The minimum Gasteiger partial charge on any atom is -0.507 e. The van der Waals surface area contributed by atoms with Crippen molar-refractivity contribution in [2.45, 2.75) is 92.1 Å². The van der Waals surface area contributed by atoms with Crippen molar-refractivity contribution in [2.24, 2.45) is 0 Å². The largest absolute Gasteiger partial charge is 0.507 e. The van der Waals surface area contributed by atoms with Crippen LogP contribution in [-0.4, -0.2) is 218 Å². The van der Waals surface area contributed by atoms with Gasteiger partial charge in [-0.3, -0.25) is 0 Å². The number of aromatic hydroxyl groups is 5. The lowest BCUT2D eigenvalue weighted by Crippen LogP contribution is -2.65. The molecule has 5 aromatic rings. The minimum atomic E-state index is -2.00. The van der Waals surface area contributed by atoms with Crippen LogP contribution in [0.25, 0.3) is 34.4 Å². The third kappa shape index (κ3) is 13.0. The molecule has 0 unspecified atom stereocenters. The SMILES string of the molecule is COc1cc(C=CCOC[C@H]2O[C@@H](Oc3cc4c(O[C@@H]5O[C@H](CO)[C@@H](O)[C@H](O)[C@H]5O)cc(O)cc4[o+]c3-c3ccc(O)c(O)c3)[C@H](O[C@@H]3O[C@H](CO)[C@@H](O)[C@H](O)[C@H]3OCC=Cc3cc(OC)c(O)c(OC)c3)[C@@H](O)[C@@H]2O)ccc1O. The van der Waals surface area contributed by atoms with Crippen LogP contribution in [0, 0.1) is 0 Å². The van der Waals surface area contributed by atoms with Crippen LogP contribution in [0.2, 0.25) is 0 Å². The second-order valence-corrected chi connectivity index (χ2v) is 18.6. The fraction of sp³-hybridized carbons (Fsp3) is 0.426. The van der Waals surface area contributed by atoms with Crippen molar-refractivity contribution >= 4 is 23.1 Å². The Morgan fingerprint density at radius 1 is 0.512 bits per heavy atom. The van der Waals surface area contributed by atoms with Crippen LogP contribution in [-0.2, 0) is 28.4 Å². The highest BCUT2D eigenvalue weighted by molar-refractivity contribution is 5.89. The summed E-state index contributed by atoms with van der Waals surface area (Å²) in [5.41, 5.74) is 0.991. The normalized spacial score (nSPS) is 29.0. The number of fused-ring (bicyclic) bond motifs is 1. The molecule has 3 aliphatic heterocycles. The topological polar surface area (TPSA) is 396 Å². The molecule has 3 aliphatic rings. The maximum atomic E-state index is 12.1. The molecule has 0 saturated carbocycles. The van der Waals surface area contributed by atoms with Crippen LogP contribution in [0.5, 0.6) is 57.5 Å². The maximum absolute atomic E-state index is 12.1. The van der Waals surface area contributed by atoms with Crippen molar-refractivity contribution in [3.05, 3.63) is 90.0 Å². The molecule has 26 nitrogen and oxygen atoms in total. The highest BCUT2D eigenvalue weighted by Crippen LogP contribution is 2.44. The monoisotopic (exact) mass is 1130 g/mol. The molecular weight excluding hydrogens is 1060 g/mol. The van der Waals surface area contributed by atoms with Crippen molar-refractivity contribution in [2.75, 3.05) is 54.4 Å². The molecule has 0 aliphatic carbocycles. The molecule has 4 heterocycles. The zero-order valence-corrected chi connectivity index (χ0v) is 43.0. The van der Waals surface area contributed by atoms with Gasteiger partial charge in [-0.2, -0.15) is 0 Å². The number of aliphatic hydroxyl groups excluding tert-OH is 9. The third-order valence-electron chi connectivity index (χ3n) is 13.3. The van der Waals surface area contributed by atoms with E-state index in [9.17, 15) is 71.5 Å². The van der Waals surface area contributed by atoms with Gasteiger partial charge >= 0.3 is 11.3 Å². The summed E-state index contributed by atoms with van der Waals surface area (Å²) in [6.45, 7) is -2.45. The van der Waals surface area contributed by atoms with Gasteiger partial charge < -0.3 is 124 Å². The van der Waals surface area contributed by atoms with Gasteiger partial charge in [-0.05, 0) is 47.5 Å². The lowest BCUT2D eigenvalue weighted by atomic mass is 9.97. The molecule has 0 amide bonds. The number of ether oxygens (including phenoxy) is 11. The van der Waals surface area contributed by atoms with E-state index in [1.807, 2.05) is 0 Å². The lowest BCUT2D eigenvalue weighted by Gasteiger charge is -2.46. The highest BCUT2D eigenvalue weighted by atomic mass is 16.8. The smallest absolute Gasteiger partial charge is 0.402 e. The molecule has 1 aromatic heterocycles. The average Bonchev–Trinajstić information content (AvgIpc) is 3.48. The van der Waals surface area contributed by atoms with E-state index in [0.29, 0.717) is 11.1 Å². The van der Waals surface area contributed by atoms with Gasteiger partial charge in [-0.25, -0.2) is 4.42 Å². The number of phenolic OH excluding ortho intramolecular Hbond substituents is 5. The molecule has 3 saturated heterocycles. The van der Waals surface area contributed by atoms with Crippen LogP contribution in [0.15, 0.2) is 83.3 Å². The first-order chi connectivity index (χ1) is 38.4. The Kier molecular flexibility index (Phi) is 19.4. The highest BCUT2D eigenvalue weighted by Gasteiger charge is 2.53. The number of hydrogen-bond acceptors (Lipinski definition) is 25. The predicted molar refractivity (Wildman–Crippen MR) is 274 cm³/mol. The van der Waals surface area contributed by atoms with E-state index in [-0.39, 0.29) is 75.8 Å². The summed E-state index contributed by atoms with van der Waals surface area (Å²) in [4.78, 5) is 0. The Bertz CT molecular complexity index is 2930. The van der Waals surface area contributed by atoms with E-state index < -0.39 is 129 Å². The van der Waals surface area contributed by atoms with Crippen LogP contribution in [0.1, 0.15) is 11.1 Å². The molecule has 3 fully saturated rings. The quantitative estimate of drug-likeness (QED) is 0.0272. The molecular formula is C54H63O26+. The van der Waals surface area contributed by atoms with E-state index in [4.69, 9.17) is 56.5 Å². The van der Waals surface area contributed by atoms with E-state index >= 15 is 0 Å². The Morgan fingerprint density at radius 2 is 1.10 bits per heavy atom. The van der Waals surface area contributed by atoms with Gasteiger partial charge in [0.05, 0.1) is 66.0 Å². The maximum Gasteiger partial charge on any atom is 0.402 e. The average molecular weight is 1130 g/mol. The van der Waals surface area contributed by atoms with Gasteiger partial charge in [-0.15, -0.1) is 0 Å². The van der Waals surface area contributed by atoms with E-state index in [0.717, 1.165) is 24.3 Å². The molecule has 0 bridgehead atoms. The summed E-state index contributed by atoms with van der Waals surface area (Å²) in [6.07, 6.45) is -19.9. The van der Waals surface area contributed by atoms with Crippen LogP contribution in [0.3, 0.4) is 0 Å². The summed E-state index contributed by atoms with van der Waals surface area (Å²) < 4.78 is 70.6. The summed E-state index contributed by atoms with van der Waals surface area (Å²) in [5.74, 6) is -2.39. The molecule has 80 heavy (non-hydrogen) atoms. The standard InChI is InChI=1S/C54H62O26/c1-69-34-14-24(8-10-30(34)59)6-4-12-72-23-40-44(64)47(67)51(80-53-50(46(66)43(63)39(22-56)78-53)73-13-5-7-25-15-35(70-2)41(61)36(16-25)71-3)54(79-40)76-37-20-28-32(74-49(37)26-9-11-29(58)31(60)17-26)18-27(57)19-33(28)75-52-48(68)45(65)42(62)38(21-55)77-52/h4-11,14-20,38-40,42-48,50-56,62-68H,12-13,21-23H2,1-3H3,(H4-,57,58,59,60,61)/p+1/t38-,39-,40-,42-,43-,44-,45+,46+,47+,48-,50-,51-,52-,53+,54-/m1/s1. The molecule has 14 N–H and O–H groups in total. The molecule has 26 heteroatoms. The summed E-state index contributed by atoms with van der Waals surface area (Å²) in [5, 5.41) is 151. The number of hydrogen-bond donors (Lipinski definition) is 14. The number of benzene rings is 4. The summed E-state index contributed by atoms with van der Waals surface area (Å²) >= 11 is 0. The molecule has 4 aromatic carbocycles. The Balaban J connectivity index is 1.16. The molecule has 0 radical (unpaired) electrons. The Labute approximate surface area is 455 Å². The summed E-state index contributed by atoms with van der Waals surface area (Å²) in [7, 11) is 4.09. The van der Waals surface area contributed by atoms with Crippen molar-refractivity contribution in [1.29, 1.82) is 0 Å². The van der Waals surface area contributed by atoms with Gasteiger partial charge in [-0.1, -0.05) is 30.4 Å². The van der Waals surface area contributed by atoms with Gasteiger partial charge in [0, 0.05) is 18.2 Å². The number of rotatable bonds is 21. The first-order valence-corrected chi connectivity index (χ1v) is 24.8. The third-order valence-corrected chi connectivity index (χ3v) is 13.3. The van der Waals surface area contributed by atoms with Crippen molar-refractivity contribution in [3.8, 4) is 68.8 Å². The van der Waals surface area contributed by atoms with Crippen LogP contribution >= 0.6 is 0 Å². The van der Waals surface area contributed by atoms with Crippen LogP contribution in [0.4, 0.5) is 0 Å². The molecule has 434 valence electrons. The van der Waals surface area contributed by atoms with Gasteiger partial charge in [0.15, 0.2) is 46.9 Å². The number of methoxy groups -OCH3 is 3. The fourth-order valence-corrected chi connectivity index (χ4v) is 9.01. The van der Waals surface area contributed by atoms with Crippen molar-refractivity contribution < 1.29 is 128 Å². The summed E-state index contributed by atoms with van der Waals surface area (Å²) in [6, 6.07) is 14.7. The van der Waals surface area contributed by atoms with E-state index in [2.05, 4.69) is 0 Å². The molecule has 15 atom stereocenters. The van der Waals surface area contributed by atoms with Gasteiger partial charge in [0.1, 0.15) is 84.0 Å². The van der Waals surface area contributed by atoms with Gasteiger partial charge in [0.25, 0.3) is 0 Å². The van der Waals surface area contributed by atoms with E-state index in [1.165, 1.54) is 57.7 Å². The number of phenols is 5.